The number of para-hydroxylation sites is 1. The molecule has 0 aliphatic carbocycles. The summed E-state index contributed by atoms with van der Waals surface area (Å²) < 4.78 is 6.07. The van der Waals surface area contributed by atoms with Crippen molar-refractivity contribution in [2.24, 2.45) is 5.92 Å². The van der Waals surface area contributed by atoms with Gasteiger partial charge in [0.1, 0.15) is 11.2 Å². The van der Waals surface area contributed by atoms with Gasteiger partial charge in [0.25, 0.3) is 0 Å². The Morgan fingerprint density at radius 3 is 2.67 bits per heavy atom. The van der Waals surface area contributed by atoms with Gasteiger partial charge >= 0.3 is 0 Å². The summed E-state index contributed by atoms with van der Waals surface area (Å²) >= 11 is 0. The van der Waals surface area contributed by atoms with Gasteiger partial charge < -0.3 is 4.42 Å². The van der Waals surface area contributed by atoms with Crippen molar-refractivity contribution in [1.82, 2.24) is 0 Å². The summed E-state index contributed by atoms with van der Waals surface area (Å²) in [4.78, 5) is 0. The van der Waals surface area contributed by atoms with Crippen LogP contribution in [0.2, 0.25) is 0 Å². The molecule has 0 fully saturated rings. The highest BCUT2D eigenvalue weighted by Gasteiger charge is 2.11. The molecule has 0 radical (unpaired) electrons. The number of fused-ring (bicyclic) bond motifs is 3. The molecule has 2 aromatic carbocycles. The molecule has 0 bridgehead atoms. The third-order valence-electron chi connectivity index (χ3n) is 3.36. The van der Waals surface area contributed by atoms with E-state index in [0.29, 0.717) is 5.92 Å². The first kappa shape index (κ1) is 11.3. The SMILES string of the molecule is Cc1ccc2c(c1)oc1c(CC(C)C)cccc12. The van der Waals surface area contributed by atoms with Crippen molar-refractivity contribution in [3.8, 4) is 0 Å². The van der Waals surface area contributed by atoms with Crippen LogP contribution in [0.4, 0.5) is 0 Å². The van der Waals surface area contributed by atoms with E-state index in [1.807, 2.05) is 0 Å². The van der Waals surface area contributed by atoms with Crippen LogP contribution >= 0.6 is 0 Å². The van der Waals surface area contributed by atoms with Crippen LogP contribution in [-0.2, 0) is 6.42 Å². The van der Waals surface area contributed by atoms with Crippen LogP contribution in [0.3, 0.4) is 0 Å². The number of rotatable bonds is 2. The Bertz CT molecular complexity index is 704. The van der Waals surface area contributed by atoms with Gasteiger partial charge in [-0.2, -0.15) is 0 Å². The molecule has 0 amide bonds. The fourth-order valence-corrected chi connectivity index (χ4v) is 2.56. The molecular weight excluding hydrogens is 220 g/mol. The first-order valence-electron chi connectivity index (χ1n) is 6.56. The lowest BCUT2D eigenvalue weighted by molar-refractivity contribution is 0.623. The van der Waals surface area contributed by atoms with E-state index in [0.717, 1.165) is 17.6 Å². The molecule has 3 aromatic rings. The quantitative estimate of drug-likeness (QED) is 0.606. The highest BCUT2D eigenvalue weighted by molar-refractivity contribution is 6.05. The first-order chi connectivity index (χ1) is 8.65. The van der Waals surface area contributed by atoms with E-state index in [1.165, 1.54) is 21.9 Å². The largest absolute Gasteiger partial charge is 0.456 e. The molecule has 0 aliphatic heterocycles. The highest BCUT2D eigenvalue weighted by atomic mass is 16.3. The number of furan rings is 1. The minimum atomic E-state index is 0.644. The minimum absolute atomic E-state index is 0.644. The van der Waals surface area contributed by atoms with Gasteiger partial charge in [-0.05, 0) is 36.5 Å². The van der Waals surface area contributed by atoms with Gasteiger partial charge in [0, 0.05) is 10.8 Å². The summed E-state index contributed by atoms with van der Waals surface area (Å²) in [5.74, 6) is 0.644. The standard InChI is InChI=1S/C17H18O/c1-11(2)9-13-5-4-6-15-14-8-7-12(3)10-16(14)18-17(13)15/h4-8,10-11H,9H2,1-3H3. The average molecular weight is 238 g/mol. The summed E-state index contributed by atoms with van der Waals surface area (Å²) in [6.45, 7) is 6.58. The number of aryl methyl sites for hydroxylation is 1. The zero-order chi connectivity index (χ0) is 12.7. The van der Waals surface area contributed by atoms with E-state index >= 15 is 0 Å². The van der Waals surface area contributed by atoms with E-state index in [1.54, 1.807) is 0 Å². The van der Waals surface area contributed by atoms with Crippen LogP contribution in [0.25, 0.3) is 21.9 Å². The fraction of sp³-hybridized carbons (Fsp3) is 0.294. The van der Waals surface area contributed by atoms with Crippen molar-refractivity contribution >= 4 is 21.9 Å². The summed E-state index contributed by atoms with van der Waals surface area (Å²) in [7, 11) is 0. The Balaban J connectivity index is 2.31. The van der Waals surface area contributed by atoms with E-state index in [9.17, 15) is 0 Å². The van der Waals surface area contributed by atoms with Gasteiger partial charge in [-0.3, -0.25) is 0 Å². The van der Waals surface area contributed by atoms with Crippen molar-refractivity contribution in [2.75, 3.05) is 0 Å². The smallest absolute Gasteiger partial charge is 0.138 e. The van der Waals surface area contributed by atoms with E-state index in [2.05, 4.69) is 57.2 Å². The Kier molecular flexibility index (Phi) is 2.62. The Morgan fingerprint density at radius 1 is 1.06 bits per heavy atom. The molecule has 1 heterocycles. The molecule has 3 rings (SSSR count). The Morgan fingerprint density at radius 2 is 1.89 bits per heavy atom. The summed E-state index contributed by atoms with van der Waals surface area (Å²) in [5, 5.41) is 2.46. The van der Waals surface area contributed by atoms with Crippen LogP contribution in [-0.4, -0.2) is 0 Å². The minimum Gasteiger partial charge on any atom is -0.456 e. The third-order valence-corrected chi connectivity index (χ3v) is 3.36. The Labute approximate surface area is 107 Å². The maximum absolute atomic E-state index is 6.07. The molecule has 92 valence electrons. The van der Waals surface area contributed by atoms with Gasteiger partial charge in [0.05, 0.1) is 0 Å². The molecule has 0 N–H and O–H groups in total. The normalized spacial score (nSPS) is 11.8. The molecule has 1 heteroatoms. The number of hydrogen-bond acceptors (Lipinski definition) is 1. The number of benzene rings is 2. The second kappa shape index (κ2) is 4.16. The van der Waals surface area contributed by atoms with Gasteiger partial charge in [-0.25, -0.2) is 0 Å². The van der Waals surface area contributed by atoms with Crippen molar-refractivity contribution in [1.29, 1.82) is 0 Å². The monoisotopic (exact) mass is 238 g/mol. The maximum Gasteiger partial charge on any atom is 0.138 e. The molecular formula is C17H18O. The van der Waals surface area contributed by atoms with Crippen molar-refractivity contribution < 1.29 is 4.42 Å². The van der Waals surface area contributed by atoms with Crippen LogP contribution in [0.5, 0.6) is 0 Å². The lowest BCUT2D eigenvalue weighted by atomic mass is 10.0. The molecule has 1 nitrogen and oxygen atoms in total. The summed E-state index contributed by atoms with van der Waals surface area (Å²) in [6.07, 6.45) is 1.07. The Hall–Kier alpha value is -1.76. The van der Waals surface area contributed by atoms with Crippen LogP contribution in [0, 0.1) is 12.8 Å². The second-order valence-electron chi connectivity index (χ2n) is 5.49. The van der Waals surface area contributed by atoms with Crippen LogP contribution < -0.4 is 0 Å². The molecule has 0 spiro atoms. The first-order valence-corrected chi connectivity index (χ1v) is 6.56. The molecule has 0 atom stereocenters. The lowest BCUT2D eigenvalue weighted by Crippen LogP contribution is -1.93. The zero-order valence-electron chi connectivity index (χ0n) is 11.2. The molecule has 0 aliphatic rings. The van der Waals surface area contributed by atoms with E-state index in [4.69, 9.17) is 4.42 Å². The molecule has 0 saturated carbocycles. The average Bonchev–Trinajstić information content (AvgIpc) is 2.67. The van der Waals surface area contributed by atoms with Crippen molar-refractivity contribution in [3.05, 3.63) is 47.5 Å². The van der Waals surface area contributed by atoms with Crippen molar-refractivity contribution in [2.45, 2.75) is 27.2 Å². The highest BCUT2D eigenvalue weighted by Crippen LogP contribution is 2.32. The predicted octanol–water partition coefficient (Wildman–Crippen LogP) is 5.09. The third kappa shape index (κ3) is 1.80. The molecule has 0 saturated heterocycles. The second-order valence-corrected chi connectivity index (χ2v) is 5.49. The maximum atomic E-state index is 6.07. The fourth-order valence-electron chi connectivity index (χ4n) is 2.56. The van der Waals surface area contributed by atoms with Gasteiger partial charge in [0.15, 0.2) is 0 Å². The van der Waals surface area contributed by atoms with E-state index < -0.39 is 0 Å². The van der Waals surface area contributed by atoms with Crippen molar-refractivity contribution in [3.63, 3.8) is 0 Å². The zero-order valence-corrected chi connectivity index (χ0v) is 11.2. The van der Waals surface area contributed by atoms with E-state index in [-0.39, 0.29) is 0 Å². The van der Waals surface area contributed by atoms with Gasteiger partial charge in [0.2, 0.25) is 0 Å². The van der Waals surface area contributed by atoms with Crippen LogP contribution in [0.1, 0.15) is 25.0 Å². The topological polar surface area (TPSA) is 13.1 Å². The number of hydrogen-bond donors (Lipinski definition) is 0. The summed E-state index contributed by atoms with van der Waals surface area (Å²) in [5.41, 5.74) is 4.62. The predicted molar refractivity (Wildman–Crippen MR) is 77.0 cm³/mol. The molecule has 1 aromatic heterocycles. The lowest BCUT2D eigenvalue weighted by Gasteiger charge is -2.04. The summed E-state index contributed by atoms with van der Waals surface area (Å²) in [6, 6.07) is 12.9. The van der Waals surface area contributed by atoms with Gasteiger partial charge in [-0.15, -0.1) is 0 Å². The van der Waals surface area contributed by atoms with Gasteiger partial charge in [-0.1, -0.05) is 44.2 Å². The van der Waals surface area contributed by atoms with Crippen LogP contribution in [0.15, 0.2) is 40.8 Å². The molecule has 18 heavy (non-hydrogen) atoms. The molecule has 0 unspecified atom stereocenters.